The maximum Gasteiger partial charge on any atom is 0.327 e. The molecule has 29 heavy (non-hydrogen) atoms. The van der Waals surface area contributed by atoms with Gasteiger partial charge in [0.1, 0.15) is 6.04 Å². The summed E-state index contributed by atoms with van der Waals surface area (Å²) in [5.41, 5.74) is 0.931. The molecule has 2 atom stereocenters. The molecule has 0 saturated carbocycles. The van der Waals surface area contributed by atoms with Crippen LogP contribution in [0, 0.1) is 0 Å². The number of esters is 1. The van der Waals surface area contributed by atoms with Gasteiger partial charge in [-0.25, -0.2) is 8.42 Å². The number of hydrogen-bond donors (Lipinski definition) is 0. The summed E-state index contributed by atoms with van der Waals surface area (Å²) in [6.45, 7) is 2.21. The number of rotatable bonds is 7. The molecule has 0 radical (unpaired) electrons. The number of halogens is 2. The third-order valence-corrected chi connectivity index (χ3v) is 7.24. The van der Waals surface area contributed by atoms with E-state index in [2.05, 4.69) is 0 Å². The number of ether oxygens (including phenoxy) is 2. The van der Waals surface area contributed by atoms with Crippen molar-refractivity contribution in [3.8, 4) is 0 Å². The Bertz CT molecular complexity index is 968. The first kappa shape index (κ1) is 22.1. The molecule has 0 aliphatic carbocycles. The Morgan fingerprint density at radius 1 is 1.14 bits per heavy atom. The molecule has 1 aliphatic heterocycles. The second-order valence-corrected chi connectivity index (χ2v) is 9.22. The van der Waals surface area contributed by atoms with E-state index in [1.165, 1.54) is 18.2 Å². The number of benzene rings is 2. The van der Waals surface area contributed by atoms with Gasteiger partial charge in [0.25, 0.3) is 0 Å². The number of carbonyl (C=O) groups excluding carboxylic acids is 1. The quantitative estimate of drug-likeness (QED) is 0.589. The van der Waals surface area contributed by atoms with Crippen LogP contribution in [0.4, 0.5) is 0 Å². The van der Waals surface area contributed by atoms with Crippen molar-refractivity contribution in [2.75, 3.05) is 13.2 Å². The zero-order chi connectivity index (χ0) is 21.0. The molecule has 156 valence electrons. The standard InChI is InChI=1S/C20H21Cl2NO5S/c1-2-27-20(24)19-18(28-13-14-6-4-3-5-7-14)10-11-23(19)29(25,26)15-8-9-16(21)17(22)12-15/h3-9,12,18-19H,2,10-11,13H2,1H3/t18-,19+/m0/s1. The Hall–Kier alpha value is -1.64. The van der Waals surface area contributed by atoms with Crippen LogP contribution in [0.3, 0.4) is 0 Å². The van der Waals surface area contributed by atoms with Crippen molar-refractivity contribution in [1.82, 2.24) is 4.31 Å². The molecule has 2 aromatic rings. The molecule has 3 rings (SSSR count). The van der Waals surface area contributed by atoms with E-state index in [9.17, 15) is 13.2 Å². The highest BCUT2D eigenvalue weighted by molar-refractivity contribution is 7.89. The highest BCUT2D eigenvalue weighted by atomic mass is 35.5. The van der Waals surface area contributed by atoms with Gasteiger partial charge in [0.2, 0.25) is 10.0 Å². The molecule has 0 amide bonds. The maximum atomic E-state index is 13.2. The molecule has 1 aliphatic rings. The van der Waals surface area contributed by atoms with Gasteiger partial charge in [-0.1, -0.05) is 53.5 Å². The molecule has 6 nitrogen and oxygen atoms in total. The Kier molecular flexibility index (Phi) is 7.19. The van der Waals surface area contributed by atoms with Crippen LogP contribution < -0.4 is 0 Å². The Morgan fingerprint density at radius 3 is 2.52 bits per heavy atom. The molecule has 1 heterocycles. The average molecular weight is 458 g/mol. The van der Waals surface area contributed by atoms with E-state index in [0.717, 1.165) is 9.87 Å². The second-order valence-electron chi connectivity index (χ2n) is 6.51. The van der Waals surface area contributed by atoms with Gasteiger partial charge in [0, 0.05) is 6.54 Å². The lowest BCUT2D eigenvalue weighted by molar-refractivity contribution is -0.151. The van der Waals surface area contributed by atoms with Crippen molar-refractivity contribution < 1.29 is 22.7 Å². The maximum absolute atomic E-state index is 13.2. The minimum Gasteiger partial charge on any atom is -0.465 e. The minimum atomic E-state index is -4.00. The Labute approximate surface area is 180 Å². The highest BCUT2D eigenvalue weighted by Gasteiger charge is 2.47. The average Bonchev–Trinajstić information content (AvgIpc) is 3.14. The normalized spacial score (nSPS) is 20.0. The van der Waals surface area contributed by atoms with Crippen LogP contribution in [0.5, 0.6) is 0 Å². The Balaban J connectivity index is 1.86. The van der Waals surface area contributed by atoms with Gasteiger partial charge in [-0.3, -0.25) is 4.79 Å². The zero-order valence-electron chi connectivity index (χ0n) is 15.8. The molecule has 0 spiro atoms. The molecular formula is C20H21Cl2NO5S. The first-order chi connectivity index (χ1) is 13.8. The molecule has 2 aromatic carbocycles. The number of carbonyl (C=O) groups is 1. The van der Waals surface area contributed by atoms with Crippen LogP contribution in [-0.4, -0.2) is 44.0 Å². The van der Waals surface area contributed by atoms with E-state index in [1.807, 2.05) is 30.3 Å². The molecule has 1 fully saturated rings. The minimum absolute atomic E-state index is 0.0371. The molecule has 1 saturated heterocycles. The highest BCUT2D eigenvalue weighted by Crippen LogP contribution is 2.32. The van der Waals surface area contributed by atoms with E-state index in [4.69, 9.17) is 32.7 Å². The topological polar surface area (TPSA) is 72.9 Å². The lowest BCUT2D eigenvalue weighted by atomic mass is 10.1. The summed E-state index contributed by atoms with van der Waals surface area (Å²) in [6.07, 6.45) is -0.247. The summed E-state index contributed by atoms with van der Waals surface area (Å²) in [4.78, 5) is 12.6. The Morgan fingerprint density at radius 2 is 1.86 bits per heavy atom. The number of hydrogen-bond acceptors (Lipinski definition) is 5. The predicted octanol–water partition coefficient (Wildman–Crippen LogP) is 3.90. The first-order valence-electron chi connectivity index (χ1n) is 9.13. The van der Waals surface area contributed by atoms with E-state index < -0.39 is 28.1 Å². The van der Waals surface area contributed by atoms with Crippen molar-refractivity contribution in [2.24, 2.45) is 0 Å². The largest absolute Gasteiger partial charge is 0.465 e. The fourth-order valence-electron chi connectivity index (χ4n) is 3.23. The third-order valence-electron chi connectivity index (χ3n) is 4.63. The fourth-order valence-corrected chi connectivity index (χ4v) is 5.24. The van der Waals surface area contributed by atoms with Crippen LogP contribution in [0.1, 0.15) is 18.9 Å². The third kappa shape index (κ3) is 4.92. The molecule has 0 aromatic heterocycles. The summed E-state index contributed by atoms with van der Waals surface area (Å²) in [6, 6.07) is 12.5. The monoisotopic (exact) mass is 457 g/mol. The van der Waals surface area contributed by atoms with Gasteiger partial charge in [0.05, 0.1) is 34.3 Å². The number of sulfonamides is 1. The first-order valence-corrected chi connectivity index (χ1v) is 11.3. The van der Waals surface area contributed by atoms with E-state index in [0.29, 0.717) is 6.42 Å². The molecule has 0 N–H and O–H groups in total. The van der Waals surface area contributed by atoms with Crippen molar-refractivity contribution in [2.45, 2.75) is 37.0 Å². The molecular weight excluding hydrogens is 437 g/mol. The zero-order valence-corrected chi connectivity index (χ0v) is 18.1. The smallest absolute Gasteiger partial charge is 0.327 e. The van der Waals surface area contributed by atoms with Crippen LogP contribution >= 0.6 is 23.2 Å². The van der Waals surface area contributed by atoms with E-state index >= 15 is 0 Å². The van der Waals surface area contributed by atoms with Gasteiger partial charge < -0.3 is 9.47 Å². The SMILES string of the molecule is CCOC(=O)[C@H]1[C@@H](OCc2ccccc2)CCN1S(=O)(=O)c1ccc(Cl)c(Cl)c1. The van der Waals surface area contributed by atoms with Gasteiger partial charge in [0.15, 0.2) is 0 Å². The molecule has 0 unspecified atom stereocenters. The van der Waals surface area contributed by atoms with E-state index in [1.54, 1.807) is 6.92 Å². The summed E-state index contributed by atoms with van der Waals surface area (Å²) in [5, 5.41) is 0.370. The van der Waals surface area contributed by atoms with E-state index in [-0.39, 0.29) is 34.7 Å². The van der Waals surface area contributed by atoms with Crippen LogP contribution in [-0.2, 0) is 30.9 Å². The fraction of sp³-hybridized carbons (Fsp3) is 0.350. The van der Waals surface area contributed by atoms with Crippen LogP contribution in [0.15, 0.2) is 53.4 Å². The predicted molar refractivity (Wildman–Crippen MR) is 110 cm³/mol. The van der Waals surface area contributed by atoms with Gasteiger partial charge in [-0.15, -0.1) is 0 Å². The van der Waals surface area contributed by atoms with Crippen molar-refractivity contribution in [1.29, 1.82) is 0 Å². The second kappa shape index (κ2) is 9.45. The van der Waals surface area contributed by atoms with Gasteiger partial charge >= 0.3 is 5.97 Å². The lowest BCUT2D eigenvalue weighted by Crippen LogP contribution is -2.46. The molecule has 0 bridgehead atoms. The van der Waals surface area contributed by atoms with Gasteiger partial charge in [-0.05, 0) is 37.1 Å². The lowest BCUT2D eigenvalue weighted by Gasteiger charge is -2.26. The summed E-state index contributed by atoms with van der Waals surface area (Å²) in [5.74, 6) is -0.633. The molecule has 9 heteroatoms. The van der Waals surface area contributed by atoms with Crippen LogP contribution in [0.2, 0.25) is 10.0 Å². The summed E-state index contributed by atoms with van der Waals surface area (Å²) >= 11 is 11.9. The van der Waals surface area contributed by atoms with Crippen molar-refractivity contribution in [3.63, 3.8) is 0 Å². The van der Waals surface area contributed by atoms with Gasteiger partial charge in [-0.2, -0.15) is 4.31 Å². The number of nitrogens with zero attached hydrogens (tertiary/aromatic N) is 1. The van der Waals surface area contributed by atoms with Crippen molar-refractivity contribution >= 4 is 39.2 Å². The van der Waals surface area contributed by atoms with Crippen molar-refractivity contribution in [3.05, 3.63) is 64.1 Å². The van der Waals surface area contributed by atoms with Crippen LogP contribution in [0.25, 0.3) is 0 Å². The summed E-state index contributed by atoms with van der Waals surface area (Å²) < 4.78 is 38.6. The summed E-state index contributed by atoms with van der Waals surface area (Å²) in [7, 11) is -4.00.